The van der Waals surface area contributed by atoms with E-state index in [1.807, 2.05) is 19.9 Å². The molecule has 1 amide bonds. The van der Waals surface area contributed by atoms with E-state index in [2.05, 4.69) is 10.3 Å². The first-order valence-corrected chi connectivity index (χ1v) is 11.8. The van der Waals surface area contributed by atoms with Crippen LogP contribution < -0.4 is 10.2 Å². The van der Waals surface area contributed by atoms with E-state index in [9.17, 15) is 19.5 Å². The van der Waals surface area contributed by atoms with Crippen LogP contribution in [0.4, 0.5) is 16.3 Å². The van der Waals surface area contributed by atoms with Gasteiger partial charge in [0.2, 0.25) is 0 Å². The lowest BCUT2D eigenvalue weighted by Crippen LogP contribution is -2.36. The topological polar surface area (TPSA) is 131 Å². The SMILES string of the molecule is COC(=O)c1nc(Cl)ccc1N[C@H](C)c1cc(C)cc(N2C(=O)OC[C@@H]2Cc2ccccc2C(=O)O)n1. The fraction of sp³-hybridized carbons (Fsp3) is 0.269. The van der Waals surface area contributed by atoms with Gasteiger partial charge < -0.3 is 19.9 Å². The van der Waals surface area contributed by atoms with E-state index in [1.165, 1.54) is 18.1 Å². The number of pyridine rings is 2. The number of aromatic nitrogens is 2. The Kier molecular flexibility index (Phi) is 7.58. The lowest BCUT2D eigenvalue weighted by atomic mass is 10.00. The highest BCUT2D eigenvalue weighted by atomic mass is 35.5. The maximum atomic E-state index is 12.7. The van der Waals surface area contributed by atoms with Gasteiger partial charge in [-0.3, -0.25) is 4.90 Å². The Bertz CT molecular complexity index is 1360. The molecule has 0 radical (unpaired) electrons. The van der Waals surface area contributed by atoms with E-state index in [0.717, 1.165) is 5.56 Å². The van der Waals surface area contributed by atoms with E-state index >= 15 is 0 Å². The van der Waals surface area contributed by atoms with Gasteiger partial charge in [0.15, 0.2) is 5.69 Å². The van der Waals surface area contributed by atoms with Crippen molar-refractivity contribution in [2.45, 2.75) is 32.4 Å². The number of carbonyl (C=O) groups is 3. The lowest BCUT2D eigenvalue weighted by Gasteiger charge is -2.24. The molecule has 1 saturated heterocycles. The summed E-state index contributed by atoms with van der Waals surface area (Å²) in [5.41, 5.74) is 2.67. The minimum absolute atomic E-state index is 0.0370. The van der Waals surface area contributed by atoms with Gasteiger partial charge in [0, 0.05) is 0 Å². The van der Waals surface area contributed by atoms with Crippen LogP contribution in [0.2, 0.25) is 5.15 Å². The number of carboxylic acids is 1. The molecule has 3 heterocycles. The van der Waals surface area contributed by atoms with E-state index < -0.39 is 30.1 Å². The molecule has 1 fully saturated rings. The minimum Gasteiger partial charge on any atom is -0.478 e. The Morgan fingerprint density at radius 3 is 2.73 bits per heavy atom. The van der Waals surface area contributed by atoms with E-state index in [-0.39, 0.29) is 29.4 Å². The van der Waals surface area contributed by atoms with Crippen LogP contribution in [0, 0.1) is 6.92 Å². The first kappa shape index (κ1) is 25.9. The number of ether oxygens (including phenoxy) is 2. The highest BCUT2D eigenvalue weighted by Crippen LogP contribution is 2.29. The van der Waals surface area contributed by atoms with Crippen molar-refractivity contribution in [2.75, 3.05) is 23.9 Å². The summed E-state index contributed by atoms with van der Waals surface area (Å²) in [6.07, 6.45) is -0.274. The second-order valence-corrected chi connectivity index (χ2v) is 8.97. The summed E-state index contributed by atoms with van der Waals surface area (Å²) in [6, 6.07) is 12.6. The van der Waals surface area contributed by atoms with Gasteiger partial charge in [-0.1, -0.05) is 29.8 Å². The summed E-state index contributed by atoms with van der Waals surface area (Å²) >= 11 is 5.96. The number of aromatic carboxylic acids is 1. The summed E-state index contributed by atoms with van der Waals surface area (Å²) in [6.45, 7) is 3.83. The Balaban J connectivity index is 1.63. The molecule has 0 spiro atoms. The Morgan fingerprint density at radius 2 is 2.00 bits per heavy atom. The van der Waals surface area contributed by atoms with Crippen LogP contribution in [0.25, 0.3) is 0 Å². The Morgan fingerprint density at radius 1 is 1.24 bits per heavy atom. The predicted molar refractivity (Wildman–Crippen MR) is 136 cm³/mol. The molecule has 37 heavy (non-hydrogen) atoms. The number of carbonyl (C=O) groups excluding carboxylic acids is 2. The third kappa shape index (κ3) is 5.64. The maximum absolute atomic E-state index is 12.7. The number of amides is 1. The molecule has 2 aromatic heterocycles. The van der Waals surface area contributed by atoms with Gasteiger partial charge in [-0.25, -0.2) is 24.4 Å². The first-order valence-electron chi connectivity index (χ1n) is 11.4. The average molecular weight is 525 g/mol. The maximum Gasteiger partial charge on any atom is 0.415 e. The summed E-state index contributed by atoms with van der Waals surface area (Å²) in [4.78, 5) is 46.8. The van der Waals surface area contributed by atoms with Crippen molar-refractivity contribution < 1.29 is 29.0 Å². The quantitative estimate of drug-likeness (QED) is 0.319. The lowest BCUT2D eigenvalue weighted by molar-refractivity contribution is 0.0594. The normalized spacial score (nSPS) is 15.7. The number of benzene rings is 1. The molecular weight excluding hydrogens is 500 g/mol. The molecule has 0 bridgehead atoms. The molecule has 1 aromatic carbocycles. The monoisotopic (exact) mass is 524 g/mol. The zero-order chi connectivity index (χ0) is 26.7. The van der Waals surface area contributed by atoms with Gasteiger partial charge >= 0.3 is 18.0 Å². The molecule has 2 N–H and O–H groups in total. The zero-order valence-electron chi connectivity index (χ0n) is 20.4. The number of aryl methyl sites for hydroxylation is 1. The number of hydrogen-bond acceptors (Lipinski definition) is 8. The minimum atomic E-state index is -1.04. The second-order valence-electron chi connectivity index (χ2n) is 8.58. The third-order valence-electron chi connectivity index (χ3n) is 5.94. The van der Waals surface area contributed by atoms with Gasteiger partial charge in [-0.2, -0.15) is 0 Å². The van der Waals surface area contributed by atoms with E-state index in [4.69, 9.17) is 26.1 Å². The number of hydrogen-bond donors (Lipinski definition) is 2. The van der Waals surface area contributed by atoms with Crippen molar-refractivity contribution in [1.82, 2.24) is 9.97 Å². The number of carboxylic acid groups (broad SMARTS) is 1. The smallest absolute Gasteiger partial charge is 0.415 e. The van der Waals surface area contributed by atoms with Crippen molar-refractivity contribution in [3.8, 4) is 0 Å². The van der Waals surface area contributed by atoms with Crippen LogP contribution in [0.1, 0.15) is 50.6 Å². The number of halogens is 1. The van der Waals surface area contributed by atoms with E-state index in [0.29, 0.717) is 22.8 Å². The van der Waals surface area contributed by atoms with Crippen LogP contribution >= 0.6 is 11.6 Å². The number of nitrogens with one attached hydrogen (secondary N) is 1. The van der Waals surface area contributed by atoms with Gasteiger partial charge in [-0.05, 0) is 61.7 Å². The fourth-order valence-corrected chi connectivity index (χ4v) is 4.33. The molecular formula is C26H25ClN4O6. The molecule has 0 aliphatic carbocycles. The van der Waals surface area contributed by atoms with Crippen molar-refractivity contribution >= 4 is 41.1 Å². The number of esters is 1. The molecule has 1 aliphatic rings. The van der Waals surface area contributed by atoms with Crippen molar-refractivity contribution in [3.63, 3.8) is 0 Å². The molecule has 3 aromatic rings. The van der Waals surface area contributed by atoms with Crippen LogP contribution in [-0.4, -0.2) is 52.9 Å². The Labute approximate surface area is 218 Å². The highest BCUT2D eigenvalue weighted by Gasteiger charge is 2.36. The van der Waals surface area contributed by atoms with Crippen molar-refractivity contribution in [2.24, 2.45) is 0 Å². The van der Waals surface area contributed by atoms with Gasteiger partial charge in [-0.15, -0.1) is 0 Å². The van der Waals surface area contributed by atoms with Crippen LogP contribution in [0.3, 0.4) is 0 Å². The highest BCUT2D eigenvalue weighted by molar-refractivity contribution is 6.29. The standard InChI is InChI=1S/C26H25ClN4O6/c1-14-10-20(15(2)28-19-8-9-21(27)30-23(19)25(34)36-3)29-22(11-14)31-17(13-37-26(31)35)12-16-6-4-5-7-18(16)24(32)33/h4-11,15,17,28H,12-13H2,1-3H3,(H,32,33)/t15-,17+/m1/s1. The molecule has 1 aliphatic heterocycles. The number of nitrogens with zero attached hydrogens (tertiary/aromatic N) is 3. The molecule has 2 atom stereocenters. The van der Waals surface area contributed by atoms with Gasteiger partial charge in [0.1, 0.15) is 17.6 Å². The average Bonchev–Trinajstić information content (AvgIpc) is 3.24. The number of cyclic esters (lactones) is 1. The largest absolute Gasteiger partial charge is 0.478 e. The van der Waals surface area contributed by atoms with Crippen LogP contribution in [0.15, 0.2) is 48.5 Å². The molecule has 192 valence electrons. The number of rotatable bonds is 8. The van der Waals surface area contributed by atoms with Crippen molar-refractivity contribution in [3.05, 3.63) is 81.8 Å². The first-order chi connectivity index (χ1) is 17.7. The summed E-state index contributed by atoms with van der Waals surface area (Å²) in [7, 11) is 1.26. The summed E-state index contributed by atoms with van der Waals surface area (Å²) in [5, 5.41) is 12.9. The van der Waals surface area contributed by atoms with Crippen LogP contribution in [-0.2, 0) is 15.9 Å². The van der Waals surface area contributed by atoms with Gasteiger partial charge in [0.25, 0.3) is 0 Å². The summed E-state index contributed by atoms with van der Waals surface area (Å²) in [5.74, 6) is -1.29. The fourth-order valence-electron chi connectivity index (χ4n) is 4.18. The van der Waals surface area contributed by atoms with Crippen molar-refractivity contribution in [1.29, 1.82) is 0 Å². The number of methoxy groups -OCH3 is 1. The molecule has 4 rings (SSSR count). The molecule has 0 saturated carbocycles. The predicted octanol–water partition coefficient (Wildman–Crippen LogP) is 4.66. The van der Waals surface area contributed by atoms with Crippen LogP contribution in [0.5, 0.6) is 0 Å². The molecule has 10 nitrogen and oxygen atoms in total. The number of anilines is 2. The summed E-state index contributed by atoms with van der Waals surface area (Å²) < 4.78 is 10.1. The third-order valence-corrected chi connectivity index (χ3v) is 6.15. The van der Waals surface area contributed by atoms with E-state index in [1.54, 1.807) is 36.4 Å². The molecule has 11 heteroatoms. The van der Waals surface area contributed by atoms with Gasteiger partial charge in [0.05, 0.1) is 36.1 Å². The zero-order valence-corrected chi connectivity index (χ0v) is 21.2. The second kappa shape index (κ2) is 10.8. The molecule has 0 unspecified atom stereocenters. The Hall–Kier alpha value is -4.18.